The highest BCUT2D eigenvalue weighted by atomic mass is 16.6. The fourth-order valence-electron chi connectivity index (χ4n) is 3.88. The number of carbonyl (C=O) groups excluding carboxylic acids is 1. The number of carbonyl (C=O) groups is 2. The molecule has 2 aliphatic rings. The number of hydrogen-bond acceptors (Lipinski definition) is 4. The zero-order chi connectivity index (χ0) is 18.8. The van der Waals surface area contributed by atoms with Crippen molar-refractivity contribution in [3.63, 3.8) is 0 Å². The average Bonchev–Trinajstić information content (AvgIpc) is 2.83. The van der Waals surface area contributed by atoms with Crippen LogP contribution in [0.15, 0.2) is 48.5 Å². The minimum absolute atomic E-state index is 0.0144. The highest BCUT2D eigenvalue weighted by Gasteiger charge is 2.34. The Bertz CT molecular complexity index is 820. The highest BCUT2D eigenvalue weighted by molar-refractivity contribution is 5.81. The maximum Gasteiger partial charge on any atom is 0.410 e. The zero-order valence-corrected chi connectivity index (χ0v) is 14.8. The maximum atomic E-state index is 12.6. The van der Waals surface area contributed by atoms with Gasteiger partial charge in [-0.2, -0.15) is 0 Å². The van der Waals surface area contributed by atoms with Crippen LogP contribution in [-0.2, 0) is 14.3 Å². The number of fused-ring (bicyclic) bond motifs is 3. The molecule has 1 heterocycles. The van der Waals surface area contributed by atoms with Gasteiger partial charge in [0, 0.05) is 19.1 Å². The first-order valence-corrected chi connectivity index (χ1v) is 9.09. The van der Waals surface area contributed by atoms with Crippen molar-refractivity contribution in [2.75, 3.05) is 26.4 Å². The number of ether oxygens (including phenoxy) is 2. The molecule has 6 nitrogen and oxygen atoms in total. The van der Waals surface area contributed by atoms with Gasteiger partial charge in [0.2, 0.25) is 0 Å². The molecule has 1 unspecified atom stereocenters. The van der Waals surface area contributed by atoms with E-state index in [1.54, 1.807) is 0 Å². The minimum Gasteiger partial charge on any atom is -0.480 e. The van der Waals surface area contributed by atoms with Gasteiger partial charge in [0.05, 0.1) is 6.61 Å². The van der Waals surface area contributed by atoms with E-state index in [-0.39, 0.29) is 19.1 Å². The summed E-state index contributed by atoms with van der Waals surface area (Å²) in [4.78, 5) is 25.4. The minimum atomic E-state index is -1.08. The molecule has 2 aromatic carbocycles. The Morgan fingerprint density at radius 2 is 1.70 bits per heavy atom. The third kappa shape index (κ3) is 3.28. The van der Waals surface area contributed by atoms with Crippen LogP contribution in [0.3, 0.4) is 0 Å². The van der Waals surface area contributed by atoms with Gasteiger partial charge < -0.3 is 14.6 Å². The Morgan fingerprint density at radius 3 is 2.33 bits per heavy atom. The van der Waals surface area contributed by atoms with Crippen molar-refractivity contribution in [2.45, 2.75) is 18.4 Å². The van der Waals surface area contributed by atoms with Crippen molar-refractivity contribution >= 4 is 12.1 Å². The molecule has 1 aliphatic heterocycles. The fraction of sp³-hybridized carbons (Fsp3) is 0.333. The quantitative estimate of drug-likeness (QED) is 0.902. The van der Waals surface area contributed by atoms with E-state index in [2.05, 4.69) is 12.1 Å². The monoisotopic (exact) mass is 367 g/mol. The predicted octanol–water partition coefficient (Wildman–Crippen LogP) is 3.11. The van der Waals surface area contributed by atoms with Gasteiger partial charge >= 0.3 is 12.1 Å². The number of hydrogen-bond donors (Lipinski definition) is 1. The number of carboxylic acids is 1. The van der Waals surface area contributed by atoms with Gasteiger partial charge in [-0.25, -0.2) is 9.59 Å². The second-order valence-corrected chi connectivity index (χ2v) is 6.78. The molecular formula is C21H21NO5. The van der Waals surface area contributed by atoms with E-state index in [1.165, 1.54) is 4.90 Å². The van der Waals surface area contributed by atoms with Gasteiger partial charge in [-0.15, -0.1) is 0 Å². The van der Waals surface area contributed by atoms with Crippen LogP contribution >= 0.6 is 0 Å². The van der Waals surface area contributed by atoms with Crippen LogP contribution in [-0.4, -0.2) is 54.5 Å². The van der Waals surface area contributed by atoms with Crippen molar-refractivity contribution in [3.8, 4) is 11.1 Å². The second kappa shape index (κ2) is 7.40. The Balaban J connectivity index is 1.53. The summed E-state index contributed by atoms with van der Waals surface area (Å²) >= 11 is 0. The SMILES string of the molecule is O=C(O)C1COCCCN1C(=O)OCC1c2ccccc2-c2ccccc21. The van der Waals surface area contributed by atoms with Gasteiger partial charge in [-0.1, -0.05) is 48.5 Å². The number of benzene rings is 2. The van der Waals surface area contributed by atoms with Gasteiger partial charge in [0.1, 0.15) is 6.61 Å². The molecule has 0 radical (unpaired) electrons. The zero-order valence-electron chi connectivity index (χ0n) is 14.8. The van der Waals surface area contributed by atoms with E-state index in [1.807, 2.05) is 36.4 Å². The molecule has 1 amide bonds. The second-order valence-electron chi connectivity index (χ2n) is 6.78. The molecular weight excluding hydrogens is 346 g/mol. The van der Waals surface area contributed by atoms with Crippen molar-refractivity contribution < 1.29 is 24.2 Å². The standard InChI is InChI=1S/C21H21NO5/c23-20(24)19-13-26-11-5-10-22(19)21(25)27-12-18-16-8-3-1-6-14(16)15-7-2-4-9-17(15)18/h1-4,6-9,18-19H,5,10-13H2,(H,23,24). The molecule has 1 aliphatic carbocycles. The molecule has 1 N–H and O–H groups in total. The summed E-state index contributed by atoms with van der Waals surface area (Å²) in [5.41, 5.74) is 4.56. The van der Waals surface area contributed by atoms with Crippen LogP contribution in [0.5, 0.6) is 0 Å². The Hall–Kier alpha value is -2.86. The molecule has 2 aromatic rings. The topological polar surface area (TPSA) is 76.1 Å². The molecule has 4 rings (SSSR count). The molecule has 0 bridgehead atoms. The third-order valence-corrected chi connectivity index (χ3v) is 5.20. The van der Waals surface area contributed by atoms with Gasteiger partial charge in [0.15, 0.2) is 6.04 Å². The first-order chi connectivity index (χ1) is 13.2. The number of aliphatic carboxylic acids is 1. The van der Waals surface area contributed by atoms with Gasteiger partial charge in [-0.3, -0.25) is 4.90 Å². The van der Waals surface area contributed by atoms with Crippen molar-refractivity contribution in [1.29, 1.82) is 0 Å². The summed E-state index contributed by atoms with van der Waals surface area (Å²) < 4.78 is 10.9. The normalized spacial score (nSPS) is 19.1. The Labute approximate surface area is 157 Å². The van der Waals surface area contributed by atoms with Crippen LogP contribution in [0.25, 0.3) is 11.1 Å². The Kier molecular flexibility index (Phi) is 4.81. The van der Waals surface area contributed by atoms with Gasteiger partial charge in [-0.05, 0) is 28.7 Å². The molecule has 1 fully saturated rings. The van der Waals surface area contributed by atoms with Gasteiger partial charge in [0.25, 0.3) is 0 Å². The Morgan fingerprint density at radius 1 is 1.07 bits per heavy atom. The molecule has 0 spiro atoms. The van der Waals surface area contributed by atoms with Crippen molar-refractivity contribution in [1.82, 2.24) is 4.90 Å². The molecule has 0 saturated carbocycles. The third-order valence-electron chi connectivity index (χ3n) is 5.20. The summed E-state index contributed by atoms with van der Waals surface area (Å²) in [6, 6.07) is 15.2. The van der Waals surface area contributed by atoms with E-state index in [9.17, 15) is 14.7 Å². The summed E-state index contributed by atoms with van der Waals surface area (Å²) in [5.74, 6) is -1.13. The smallest absolute Gasteiger partial charge is 0.410 e. The van der Waals surface area contributed by atoms with E-state index in [4.69, 9.17) is 9.47 Å². The van der Waals surface area contributed by atoms with Crippen LogP contribution in [0.2, 0.25) is 0 Å². The summed E-state index contributed by atoms with van der Waals surface area (Å²) in [5, 5.41) is 9.39. The lowest BCUT2D eigenvalue weighted by Gasteiger charge is -2.26. The average molecular weight is 367 g/mol. The molecule has 140 valence electrons. The first-order valence-electron chi connectivity index (χ1n) is 9.09. The lowest BCUT2D eigenvalue weighted by molar-refractivity contribution is -0.144. The van der Waals surface area contributed by atoms with Crippen LogP contribution in [0, 0.1) is 0 Å². The molecule has 6 heteroatoms. The highest BCUT2D eigenvalue weighted by Crippen LogP contribution is 2.44. The summed E-state index contributed by atoms with van der Waals surface area (Å²) in [6.45, 7) is 0.917. The van der Waals surface area contributed by atoms with E-state index in [0.29, 0.717) is 19.6 Å². The fourth-order valence-corrected chi connectivity index (χ4v) is 3.88. The summed E-state index contributed by atoms with van der Waals surface area (Å²) in [6.07, 6.45) is -0.0108. The lowest BCUT2D eigenvalue weighted by Crippen LogP contribution is -2.47. The molecule has 27 heavy (non-hydrogen) atoms. The number of nitrogens with zero attached hydrogens (tertiary/aromatic N) is 1. The molecule has 1 atom stereocenters. The number of carboxylic acid groups (broad SMARTS) is 1. The van der Waals surface area contributed by atoms with E-state index in [0.717, 1.165) is 22.3 Å². The number of rotatable bonds is 3. The van der Waals surface area contributed by atoms with E-state index >= 15 is 0 Å². The van der Waals surface area contributed by atoms with E-state index < -0.39 is 18.1 Å². The lowest BCUT2D eigenvalue weighted by atomic mass is 9.98. The molecule has 1 saturated heterocycles. The largest absolute Gasteiger partial charge is 0.480 e. The first kappa shape index (κ1) is 17.5. The van der Waals surface area contributed by atoms with Crippen LogP contribution < -0.4 is 0 Å². The van der Waals surface area contributed by atoms with Crippen LogP contribution in [0.4, 0.5) is 4.79 Å². The predicted molar refractivity (Wildman–Crippen MR) is 98.6 cm³/mol. The number of amides is 1. The van der Waals surface area contributed by atoms with Crippen molar-refractivity contribution in [2.24, 2.45) is 0 Å². The van der Waals surface area contributed by atoms with Crippen molar-refractivity contribution in [3.05, 3.63) is 59.7 Å². The van der Waals surface area contributed by atoms with Crippen LogP contribution in [0.1, 0.15) is 23.5 Å². The summed E-state index contributed by atoms with van der Waals surface area (Å²) in [7, 11) is 0. The maximum absolute atomic E-state index is 12.6. The molecule has 0 aromatic heterocycles.